The number of benzene rings is 1. The molecule has 1 rings (SSSR count). The van der Waals surface area contributed by atoms with Gasteiger partial charge in [0.1, 0.15) is 0 Å². The second kappa shape index (κ2) is 6.92. The molecule has 0 aliphatic heterocycles. The van der Waals surface area contributed by atoms with Gasteiger partial charge in [0.2, 0.25) is 5.91 Å². The van der Waals surface area contributed by atoms with E-state index in [2.05, 4.69) is 12.2 Å². The van der Waals surface area contributed by atoms with E-state index in [4.69, 9.17) is 5.11 Å². The fraction of sp³-hybridized carbons (Fsp3) is 0.467. The van der Waals surface area contributed by atoms with Crippen molar-refractivity contribution in [2.75, 3.05) is 5.32 Å². The highest BCUT2D eigenvalue weighted by atomic mass is 16.4. The van der Waals surface area contributed by atoms with E-state index < -0.39 is 5.97 Å². The summed E-state index contributed by atoms with van der Waals surface area (Å²) in [6.45, 7) is 5.82. The molecule has 104 valence electrons. The van der Waals surface area contributed by atoms with Gasteiger partial charge in [0.15, 0.2) is 0 Å². The normalized spacial score (nSPS) is 11.9. The Balaban J connectivity index is 2.78. The number of rotatable bonds is 6. The van der Waals surface area contributed by atoms with Gasteiger partial charge in [-0.25, -0.2) is 4.79 Å². The van der Waals surface area contributed by atoms with Gasteiger partial charge in [-0.15, -0.1) is 0 Å². The minimum Gasteiger partial charge on any atom is -0.478 e. The summed E-state index contributed by atoms with van der Waals surface area (Å²) in [7, 11) is 0. The lowest BCUT2D eigenvalue weighted by Gasteiger charge is -2.13. The Morgan fingerprint density at radius 2 is 2.05 bits per heavy atom. The van der Waals surface area contributed by atoms with Crippen molar-refractivity contribution in [2.45, 2.75) is 40.0 Å². The van der Waals surface area contributed by atoms with Crippen LogP contribution in [0, 0.1) is 12.8 Å². The maximum Gasteiger partial charge on any atom is 0.335 e. The summed E-state index contributed by atoms with van der Waals surface area (Å²) in [5.74, 6) is -1.11. The summed E-state index contributed by atoms with van der Waals surface area (Å²) < 4.78 is 0. The average Bonchev–Trinajstić information content (AvgIpc) is 2.38. The zero-order valence-corrected chi connectivity index (χ0v) is 11.7. The predicted molar refractivity (Wildman–Crippen MR) is 75.5 cm³/mol. The third-order valence-electron chi connectivity index (χ3n) is 3.18. The summed E-state index contributed by atoms with van der Waals surface area (Å²) in [6.07, 6.45) is 2.92. The van der Waals surface area contributed by atoms with Gasteiger partial charge in [-0.05, 0) is 31.0 Å². The Labute approximate surface area is 113 Å². The minimum atomic E-state index is -0.991. The summed E-state index contributed by atoms with van der Waals surface area (Å²) in [6, 6.07) is 4.74. The molecule has 0 saturated carbocycles. The molecule has 1 unspecified atom stereocenters. The number of nitrogens with one attached hydrogen (secondary N) is 1. The Kier molecular flexibility index (Phi) is 5.55. The molecule has 0 spiro atoms. The maximum absolute atomic E-state index is 12.0. The SMILES string of the molecule is CCCCC(C)C(=O)Nc1cc(C(=O)O)ccc1C. The summed E-state index contributed by atoms with van der Waals surface area (Å²) in [4.78, 5) is 22.9. The quantitative estimate of drug-likeness (QED) is 0.826. The van der Waals surface area contributed by atoms with Gasteiger partial charge in [-0.1, -0.05) is 32.8 Å². The van der Waals surface area contributed by atoms with Crippen LogP contribution in [0.4, 0.5) is 5.69 Å². The van der Waals surface area contributed by atoms with Crippen LogP contribution >= 0.6 is 0 Å². The first-order valence-corrected chi connectivity index (χ1v) is 6.60. The van der Waals surface area contributed by atoms with Gasteiger partial charge in [-0.3, -0.25) is 4.79 Å². The van der Waals surface area contributed by atoms with Gasteiger partial charge in [-0.2, -0.15) is 0 Å². The fourth-order valence-corrected chi connectivity index (χ4v) is 1.79. The van der Waals surface area contributed by atoms with Crippen molar-refractivity contribution in [3.8, 4) is 0 Å². The first-order chi connectivity index (χ1) is 8.95. The highest BCUT2D eigenvalue weighted by molar-refractivity contribution is 5.95. The maximum atomic E-state index is 12.0. The topological polar surface area (TPSA) is 66.4 Å². The number of anilines is 1. The summed E-state index contributed by atoms with van der Waals surface area (Å²) in [5.41, 5.74) is 1.62. The number of amides is 1. The first kappa shape index (κ1) is 15.2. The van der Waals surface area contributed by atoms with Crippen molar-refractivity contribution >= 4 is 17.6 Å². The van der Waals surface area contributed by atoms with Crippen LogP contribution in [0.5, 0.6) is 0 Å². The minimum absolute atomic E-state index is 0.0564. The van der Waals surface area contributed by atoms with Crippen LogP contribution in [0.25, 0.3) is 0 Å². The Morgan fingerprint density at radius 1 is 1.37 bits per heavy atom. The number of carboxylic acids is 1. The number of aryl methyl sites for hydroxylation is 1. The second-order valence-corrected chi connectivity index (χ2v) is 4.87. The number of carboxylic acid groups (broad SMARTS) is 1. The fourth-order valence-electron chi connectivity index (χ4n) is 1.79. The molecule has 2 N–H and O–H groups in total. The van der Waals surface area contributed by atoms with Crippen molar-refractivity contribution in [1.29, 1.82) is 0 Å². The van der Waals surface area contributed by atoms with Crippen molar-refractivity contribution in [3.05, 3.63) is 29.3 Å². The van der Waals surface area contributed by atoms with E-state index in [0.717, 1.165) is 24.8 Å². The molecule has 4 nitrogen and oxygen atoms in total. The third-order valence-corrected chi connectivity index (χ3v) is 3.18. The second-order valence-electron chi connectivity index (χ2n) is 4.87. The molecular weight excluding hydrogens is 242 g/mol. The number of aromatic carboxylic acids is 1. The summed E-state index contributed by atoms with van der Waals surface area (Å²) >= 11 is 0. The summed E-state index contributed by atoms with van der Waals surface area (Å²) in [5, 5.41) is 11.8. The van der Waals surface area contributed by atoms with Crippen LogP contribution in [0.15, 0.2) is 18.2 Å². The Hall–Kier alpha value is -1.84. The molecule has 1 amide bonds. The van der Waals surface area contributed by atoms with Crippen molar-refractivity contribution in [3.63, 3.8) is 0 Å². The highest BCUT2D eigenvalue weighted by Gasteiger charge is 2.14. The van der Waals surface area contributed by atoms with E-state index >= 15 is 0 Å². The van der Waals surface area contributed by atoms with E-state index in [1.807, 2.05) is 13.8 Å². The lowest BCUT2D eigenvalue weighted by Crippen LogP contribution is -2.21. The molecule has 0 saturated heterocycles. The van der Waals surface area contributed by atoms with Crippen molar-refractivity contribution in [2.24, 2.45) is 5.92 Å². The molecule has 4 heteroatoms. The average molecular weight is 263 g/mol. The van der Waals surface area contributed by atoms with Gasteiger partial charge in [0, 0.05) is 11.6 Å². The molecule has 0 aromatic heterocycles. The molecule has 0 aliphatic carbocycles. The molecule has 0 radical (unpaired) electrons. The first-order valence-electron chi connectivity index (χ1n) is 6.60. The molecular formula is C15H21NO3. The van der Waals surface area contributed by atoms with E-state index in [1.54, 1.807) is 6.07 Å². The van der Waals surface area contributed by atoms with Crippen LogP contribution in [0.1, 0.15) is 49.0 Å². The van der Waals surface area contributed by atoms with E-state index in [-0.39, 0.29) is 17.4 Å². The zero-order chi connectivity index (χ0) is 14.4. The van der Waals surface area contributed by atoms with E-state index in [0.29, 0.717) is 5.69 Å². The van der Waals surface area contributed by atoms with Gasteiger partial charge in [0.25, 0.3) is 0 Å². The molecule has 1 atom stereocenters. The van der Waals surface area contributed by atoms with Gasteiger partial charge < -0.3 is 10.4 Å². The number of carbonyl (C=O) groups excluding carboxylic acids is 1. The van der Waals surface area contributed by atoms with Crippen molar-refractivity contribution < 1.29 is 14.7 Å². The lowest BCUT2D eigenvalue weighted by atomic mass is 10.0. The smallest absolute Gasteiger partial charge is 0.335 e. The third kappa shape index (κ3) is 4.39. The van der Waals surface area contributed by atoms with Gasteiger partial charge >= 0.3 is 5.97 Å². The Morgan fingerprint density at radius 3 is 2.63 bits per heavy atom. The highest BCUT2D eigenvalue weighted by Crippen LogP contribution is 2.19. The van der Waals surface area contributed by atoms with Gasteiger partial charge in [0.05, 0.1) is 5.56 Å². The van der Waals surface area contributed by atoms with Crippen LogP contribution in [0.3, 0.4) is 0 Å². The molecule has 0 aliphatic rings. The van der Waals surface area contributed by atoms with Crippen LogP contribution in [-0.2, 0) is 4.79 Å². The monoisotopic (exact) mass is 263 g/mol. The number of hydrogen-bond donors (Lipinski definition) is 2. The number of hydrogen-bond acceptors (Lipinski definition) is 2. The standard InChI is InChI=1S/C15H21NO3/c1-4-5-6-11(3)14(17)16-13-9-12(15(18)19)8-7-10(13)2/h7-9,11H,4-6H2,1-3H3,(H,16,17)(H,18,19). The van der Waals surface area contributed by atoms with E-state index in [1.165, 1.54) is 12.1 Å². The zero-order valence-electron chi connectivity index (χ0n) is 11.7. The molecule has 1 aromatic rings. The largest absolute Gasteiger partial charge is 0.478 e. The van der Waals surface area contributed by atoms with Crippen LogP contribution < -0.4 is 5.32 Å². The molecule has 19 heavy (non-hydrogen) atoms. The number of unbranched alkanes of at least 4 members (excludes halogenated alkanes) is 1. The predicted octanol–water partition coefficient (Wildman–Crippen LogP) is 3.46. The number of carbonyl (C=O) groups is 2. The van der Waals surface area contributed by atoms with E-state index in [9.17, 15) is 9.59 Å². The van der Waals surface area contributed by atoms with Crippen LogP contribution in [0.2, 0.25) is 0 Å². The molecule has 0 heterocycles. The van der Waals surface area contributed by atoms with Crippen molar-refractivity contribution in [1.82, 2.24) is 0 Å². The van der Waals surface area contributed by atoms with Crippen LogP contribution in [-0.4, -0.2) is 17.0 Å². The molecule has 0 bridgehead atoms. The Bertz CT molecular complexity index is 468. The molecule has 0 fully saturated rings. The molecule has 1 aromatic carbocycles. The lowest BCUT2D eigenvalue weighted by molar-refractivity contribution is -0.119.